The van der Waals surface area contributed by atoms with E-state index in [2.05, 4.69) is 5.32 Å². The van der Waals surface area contributed by atoms with Crippen LogP contribution in [-0.4, -0.2) is 30.1 Å². The molecule has 3 rings (SSSR count). The number of amides is 2. The zero-order valence-corrected chi connectivity index (χ0v) is 13.7. The molecule has 1 aromatic carbocycles. The average Bonchev–Trinajstić information content (AvgIpc) is 2.94. The first-order chi connectivity index (χ1) is 11.5. The fourth-order valence-corrected chi connectivity index (χ4v) is 2.77. The average molecular weight is 328 g/mol. The van der Waals surface area contributed by atoms with Crippen molar-refractivity contribution in [2.75, 3.05) is 18.4 Å². The van der Waals surface area contributed by atoms with Crippen molar-refractivity contribution in [1.82, 2.24) is 4.90 Å². The Morgan fingerprint density at radius 3 is 2.88 bits per heavy atom. The standard InChI is InChI=1S/C18H20N2O4/c1-12-4-3-5-14(8-12)19-18(22)20-7-6-15(11-20)24-16-9-13(2)23-17(21)10-16/h3-5,8-10,15H,6-7,11H2,1-2H3,(H,19,22). The van der Waals surface area contributed by atoms with E-state index < -0.39 is 5.63 Å². The molecule has 2 heterocycles. The molecule has 2 aromatic rings. The highest BCUT2D eigenvalue weighted by Crippen LogP contribution is 2.19. The Balaban J connectivity index is 1.58. The van der Waals surface area contributed by atoms with E-state index in [1.54, 1.807) is 17.9 Å². The fraction of sp³-hybridized carbons (Fsp3) is 0.333. The van der Waals surface area contributed by atoms with Gasteiger partial charge in [0.05, 0.1) is 12.6 Å². The van der Waals surface area contributed by atoms with Gasteiger partial charge in [0.1, 0.15) is 17.6 Å². The van der Waals surface area contributed by atoms with Gasteiger partial charge in [0.2, 0.25) is 0 Å². The Bertz CT molecular complexity index is 800. The van der Waals surface area contributed by atoms with Crippen LogP contribution in [0.2, 0.25) is 0 Å². The van der Waals surface area contributed by atoms with E-state index in [-0.39, 0.29) is 12.1 Å². The van der Waals surface area contributed by atoms with Crippen LogP contribution in [-0.2, 0) is 0 Å². The summed E-state index contributed by atoms with van der Waals surface area (Å²) in [5.74, 6) is 0.985. The summed E-state index contributed by atoms with van der Waals surface area (Å²) in [5.41, 5.74) is 1.44. The number of benzene rings is 1. The molecule has 0 radical (unpaired) electrons. The Labute approximate surface area is 140 Å². The summed E-state index contributed by atoms with van der Waals surface area (Å²) < 4.78 is 10.7. The number of ether oxygens (including phenoxy) is 1. The highest BCUT2D eigenvalue weighted by atomic mass is 16.5. The molecule has 0 spiro atoms. The second-order valence-corrected chi connectivity index (χ2v) is 6.00. The van der Waals surface area contributed by atoms with Crippen molar-refractivity contribution >= 4 is 11.7 Å². The van der Waals surface area contributed by atoms with Gasteiger partial charge < -0.3 is 19.4 Å². The predicted molar refractivity (Wildman–Crippen MR) is 90.5 cm³/mol. The van der Waals surface area contributed by atoms with Gasteiger partial charge in [-0.05, 0) is 31.5 Å². The molecule has 1 aliphatic heterocycles. The first-order valence-corrected chi connectivity index (χ1v) is 7.90. The molecule has 6 heteroatoms. The van der Waals surface area contributed by atoms with E-state index in [4.69, 9.17) is 9.15 Å². The topological polar surface area (TPSA) is 71.8 Å². The van der Waals surface area contributed by atoms with Gasteiger partial charge in [-0.2, -0.15) is 0 Å². The Kier molecular flexibility index (Phi) is 4.55. The molecule has 0 aliphatic carbocycles. The maximum atomic E-state index is 12.3. The third-order valence-electron chi connectivity index (χ3n) is 3.87. The lowest BCUT2D eigenvalue weighted by Crippen LogP contribution is -2.34. The molecule has 1 unspecified atom stereocenters. The van der Waals surface area contributed by atoms with Gasteiger partial charge in [-0.1, -0.05) is 12.1 Å². The summed E-state index contributed by atoms with van der Waals surface area (Å²) in [6.07, 6.45) is 0.593. The molecule has 24 heavy (non-hydrogen) atoms. The van der Waals surface area contributed by atoms with E-state index in [1.165, 1.54) is 6.07 Å². The molecule has 1 aromatic heterocycles. The van der Waals surface area contributed by atoms with Crippen molar-refractivity contribution in [3.63, 3.8) is 0 Å². The predicted octanol–water partition coefficient (Wildman–Crippen LogP) is 2.94. The highest BCUT2D eigenvalue weighted by molar-refractivity contribution is 5.89. The lowest BCUT2D eigenvalue weighted by atomic mass is 10.2. The third kappa shape index (κ3) is 3.95. The number of carbonyl (C=O) groups excluding carboxylic acids is 1. The van der Waals surface area contributed by atoms with Crippen LogP contribution in [0.15, 0.2) is 45.6 Å². The molecule has 1 fully saturated rings. The number of rotatable bonds is 3. The number of aryl methyl sites for hydroxylation is 2. The van der Waals surface area contributed by atoms with E-state index in [9.17, 15) is 9.59 Å². The molecule has 6 nitrogen and oxygen atoms in total. The lowest BCUT2D eigenvalue weighted by molar-refractivity contribution is 0.193. The number of anilines is 1. The van der Waals surface area contributed by atoms with Crippen LogP contribution in [0.4, 0.5) is 10.5 Å². The van der Waals surface area contributed by atoms with Crippen LogP contribution in [0, 0.1) is 13.8 Å². The first-order valence-electron chi connectivity index (χ1n) is 7.90. The van der Waals surface area contributed by atoms with Gasteiger partial charge in [0.25, 0.3) is 0 Å². The zero-order chi connectivity index (χ0) is 17.1. The highest BCUT2D eigenvalue weighted by Gasteiger charge is 2.27. The summed E-state index contributed by atoms with van der Waals surface area (Å²) >= 11 is 0. The molecule has 1 saturated heterocycles. The van der Waals surface area contributed by atoms with Crippen LogP contribution in [0.5, 0.6) is 5.75 Å². The van der Waals surface area contributed by atoms with Gasteiger partial charge >= 0.3 is 11.7 Å². The van der Waals surface area contributed by atoms with Crippen molar-refractivity contribution in [2.45, 2.75) is 26.4 Å². The van der Waals surface area contributed by atoms with Gasteiger partial charge in [0, 0.05) is 24.7 Å². The number of hydrogen-bond donors (Lipinski definition) is 1. The van der Waals surface area contributed by atoms with Gasteiger partial charge in [0.15, 0.2) is 0 Å². The first kappa shape index (κ1) is 16.1. The van der Waals surface area contributed by atoms with Crippen molar-refractivity contribution in [3.05, 3.63) is 58.1 Å². The molecule has 126 valence electrons. The number of carbonyl (C=O) groups is 1. The lowest BCUT2D eigenvalue weighted by Gasteiger charge is -2.18. The normalized spacial score (nSPS) is 16.9. The van der Waals surface area contributed by atoms with Crippen LogP contribution in [0.1, 0.15) is 17.7 Å². The number of urea groups is 1. The summed E-state index contributed by atoms with van der Waals surface area (Å²) in [4.78, 5) is 25.4. The van der Waals surface area contributed by atoms with Crippen molar-refractivity contribution < 1.29 is 13.9 Å². The van der Waals surface area contributed by atoms with Gasteiger partial charge in [-0.3, -0.25) is 0 Å². The summed E-state index contributed by atoms with van der Waals surface area (Å²) in [6, 6.07) is 10.5. The summed E-state index contributed by atoms with van der Waals surface area (Å²) in [7, 11) is 0. The maximum absolute atomic E-state index is 12.3. The minimum Gasteiger partial charge on any atom is -0.488 e. The van der Waals surface area contributed by atoms with Crippen molar-refractivity contribution in [1.29, 1.82) is 0 Å². The van der Waals surface area contributed by atoms with Crippen LogP contribution in [0.3, 0.4) is 0 Å². The maximum Gasteiger partial charge on any atom is 0.339 e. The molecule has 2 amide bonds. The van der Waals surface area contributed by atoms with E-state index in [0.29, 0.717) is 24.6 Å². The number of hydrogen-bond acceptors (Lipinski definition) is 4. The molecule has 1 aliphatic rings. The fourth-order valence-electron chi connectivity index (χ4n) is 2.77. The van der Waals surface area contributed by atoms with Crippen LogP contribution >= 0.6 is 0 Å². The molecular weight excluding hydrogens is 308 g/mol. The molecular formula is C18H20N2O4. The third-order valence-corrected chi connectivity index (χ3v) is 3.87. The van der Waals surface area contributed by atoms with Crippen LogP contribution < -0.4 is 15.7 Å². The van der Waals surface area contributed by atoms with Gasteiger partial charge in [-0.25, -0.2) is 9.59 Å². The number of nitrogens with zero attached hydrogens (tertiary/aromatic N) is 1. The van der Waals surface area contributed by atoms with Crippen molar-refractivity contribution in [3.8, 4) is 5.75 Å². The Morgan fingerprint density at radius 2 is 2.12 bits per heavy atom. The van der Waals surface area contributed by atoms with Crippen molar-refractivity contribution in [2.24, 2.45) is 0 Å². The monoisotopic (exact) mass is 328 g/mol. The Hall–Kier alpha value is -2.76. The quantitative estimate of drug-likeness (QED) is 0.940. The Morgan fingerprint density at radius 1 is 1.29 bits per heavy atom. The molecule has 1 atom stereocenters. The van der Waals surface area contributed by atoms with E-state index >= 15 is 0 Å². The van der Waals surface area contributed by atoms with Crippen LogP contribution in [0.25, 0.3) is 0 Å². The molecule has 1 N–H and O–H groups in total. The smallest absolute Gasteiger partial charge is 0.339 e. The largest absolute Gasteiger partial charge is 0.488 e. The summed E-state index contributed by atoms with van der Waals surface area (Å²) in [6.45, 7) is 4.78. The zero-order valence-electron chi connectivity index (χ0n) is 13.7. The summed E-state index contributed by atoms with van der Waals surface area (Å²) in [5, 5.41) is 2.89. The SMILES string of the molecule is Cc1cccc(NC(=O)N2CCC(Oc3cc(C)oc(=O)c3)C2)c1. The number of likely N-dealkylation sites (tertiary alicyclic amines) is 1. The number of nitrogens with one attached hydrogen (secondary N) is 1. The molecule has 0 bridgehead atoms. The second kappa shape index (κ2) is 6.78. The molecule has 0 saturated carbocycles. The minimum atomic E-state index is -0.433. The minimum absolute atomic E-state index is 0.130. The van der Waals surface area contributed by atoms with Gasteiger partial charge in [-0.15, -0.1) is 0 Å². The second-order valence-electron chi connectivity index (χ2n) is 6.00. The van der Waals surface area contributed by atoms with E-state index in [0.717, 1.165) is 17.7 Å². The van der Waals surface area contributed by atoms with E-state index in [1.807, 2.05) is 31.2 Å².